The van der Waals surface area contributed by atoms with Crippen LogP contribution in [-0.4, -0.2) is 42.8 Å². The molecule has 1 aliphatic carbocycles. The fourth-order valence-corrected chi connectivity index (χ4v) is 2.28. The van der Waals surface area contributed by atoms with Crippen molar-refractivity contribution in [3.63, 3.8) is 0 Å². The van der Waals surface area contributed by atoms with Gasteiger partial charge >= 0.3 is 0 Å². The summed E-state index contributed by atoms with van der Waals surface area (Å²) >= 11 is 0. The van der Waals surface area contributed by atoms with Crippen LogP contribution in [0, 0.1) is 0 Å². The summed E-state index contributed by atoms with van der Waals surface area (Å²) in [5.74, 6) is -0.329. The Morgan fingerprint density at radius 1 is 1.00 bits per heavy atom. The molecule has 4 heteroatoms. The number of nitrogens with zero attached hydrogens (tertiary/aromatic N) is 1. The van der Waals surface area contributed by atoms with Crippen LogP contribution in [0.25, 0.3) is 0 Å². The van der Waals surface area contributed by atoms with E-state index in [0.717, 1.165) is 13.1 Å². The predicted octanol–water partition coefficient (Wildman–Crippen LogP) is 1.28. The van der Waals surface area contributed by atoms with Crippen molar-refractivity contribution >= 4 is 11.6 Å². The number of ketones is 2. The van der Waals surface area contributed by atoms with E-state index >= 15 is 0 Å². The van der Waals surface area contributed by atoms with Crippen molar-refractivity contribution in [2.45, 2.75) is 0 Å². The molecule has 0 radical (unpaired) electrons. The van der Waals surface area contributed by atoms with Gasteiger partial charge in [-0.05, 0) is 0 Å². The van der Waals surface area contributed by atoms with Gasteiger partial charge in [-0.1, -0.05) is 24.3 Å². The smallest absolute Gasteiger partial charge is 0.199 e. The molecule has 1 heterocycles. The highest BCUT2D eigenvalue weighted by Gasteiger charge is 2.33. The number of benzene rings is 1. The summed E-state index contributed by atoms with van der Waals surface area (Å²) in [5.41, 5.74) is 1.31. The Morgan fingerprint density at radius 3 is 2.11 bits per heavy atom. The van der Waals surface area contributed by atoms with Crippen LogP contribution in [0.3, 0.4) is 0 Å². The molecule has 0 amide bonds. The Balaban J connectivity index is 1.94. The molecular formula is C14H13NO3. The number of allylic oxidation sites excluding steroid dienone is 1. The summed E-state index contributed by atoms with van der Waals surface area (Å²) in [6, 6.07) is 6.97. The van der Waals surface area contributed by atoms with E-state index in [9.17, 15) is 9.59 Å². The van der Waals surface area contributed by atoms with Gasteiger partial charge < -0.3 is 9.64 Å². The fourth-order valence-electron chi connectivity index (χ4n) is 2.28. The number of hydrogen-bond acceptors (Lipinski definition) is 4. The third kappa shape index (κ3) is 1.75. The highest BCUT2D eigenvalue weighted by molar-refractivity contribution is 6.39. The minimum Gasteiger partial charge on any atom is -0.378 e. The van der Waals surface area contributed by atoms with Gasteiger partial charge in [0.15, 0.2) is 11.6 Å². The maximum Gasteiger partial charge on any atom is 0.199 e. The molecular weight excluding hydrogens is 230 g/mol. The Kier molecular flexibility index (Phi) is 2.72. The van der Waals surface area contributed by atoms with Gasteiger partial charge in [0.1, 0.15) is 0 Å². The number of Topliss-reactive ketones (excluding diaryl/α,β-unsaturated/α-hetero) is 2. The molecule has 0 aromatic heterocycles. The molecule has 0 saturated carbocycles. The summed E-state index contributed by atoms with van der Waals surface area (Å²) in [5, 5.41) is 0. The average molecular weight is 243 g/mol. The van der Waals surface area contributed by atoms with E-state index < -0.39 is 0 Å². The Bertz CT molecular complexity index is 505. The number of hydrogen-bond donors (Lipinski definition) is 0. The minimum absolute atomic E-state index is 0.165. The number of ether oxygens (including phenoxy) is 1. The molecule has 2 aliphatic rings. The van der Waals surface area contributed by atoms with Gasteiger partial charge in [0.05, 0.1) is 18.8 Å². The van der Waals surface area contributed by atoms with Crippen LogP contribution in [0.1, 0.15) is 20.7 Å². The van der Waals surface area contributed by atoms with Crippen LogP contribution < -0.4 is 0 Å². The minimum atomic E-state index is -0.165. The van der Waals surface area contributed by atoms with E-state index in [2.05, 4.69) is 0 Å². The number of carbonyl (C=O) groups excluding carboxylic acids is 2. The average Bonchev–Trinajstić information content (AvgIpc) is 2.66. The highest BCUT2D eigenvalue weighted by Crippen LogP contribution is 2.26. The first-order valence-corrected chi connectivity index (χ1v) is 5.99. The molecule has 92 valence electrons. The summed E-state index contributed by atoms with van der Waals surface area (Å²) in [7, 11) is 0. The molecule has 3 rings (SSSR count). The van der Waals surface area contributed by atoms with Crippen molar-refractivity contribution in [1.82, 2.24) is 4.90 Å². The molecule has 1 aliphatic heterocycles. The maximum atomic E-state index is 12.1. The lowest BCUT2D eigenvalue weighted by Crippen LogP contribution is -2.33. The lowest BCUT2D eigenvalue weighted by Gasteiger charge is -2.25. The van der Waals surface area contributed by atoms with E-state index in [1.54, 1.807) is 30.5 Å². The third-order valence-electron chi connectivity index (χ3n) is 3.26. The van der Waals surface area contributed by atoms with Gasteiger partial charge in [-0.2, -0.15) is 0 Å². The van der Waals surface area contributed by atoms with Crippen molar-refractivity contribution in [3.05, 3.63) is 47.2 Å². The molecule has 0 bridgehead atoms. The molecule has 1 saturated heterocycles. The van der Waals surface area contributed by atoms with Crippen LogP contribution in [-0.2, 0) is 4.74 Å². The number of morpholine rings is 1. The van der Waals surface area contributed by atoms with Crippen LogP contribution in [0.15, 0.2) is 36.0 Å². The lowest BCUT2D eigenvalue weighted by molar-refractivity contribution is 0.0585. The Morgan fingerprint density at radius 2 is 1.56 bits per heavy atom. The van der Waals surface area contributed by atoms with E-state index in [4.69, 9.17) is 4.74 Å². The van der Waals surface area contributed by atoms with E-state index in [-0.39, 0.29) is 17.1 Å². The number of rotatable bonds is 1. The SMILES string of the molecule is O=C1C(=CN2CCOCC2)C(=O)c2ccccc21. The maximum absolute atomic E-state index is 12.1. The van der Waals surface area contributed by atoms with Crippen molar-refractivity contribution in [1.29, 1.82) is 0 Å². The molecule has 1 aromatic carbocycles. The van der Waals surface area contributed by atoms with Crippen molar-refractivity contribution in [3.8, 4) is 0 Å². The van der Waals surface area contributed by atoms with Crippen LogP contribution in [0.5, 0.6) is 0 Å². The van der Waals surface area contributed by atoms with Gasteiger partial charge in [0.2, 0.25) is 0 Å². The zero-order valence-electron chi connectivity index (χ0n) is 9.89. The Labute approximate surface area is 105 Å². The van der Waals surface area contributed by atoms with Crippen LogP contribution >= 0.6 is 0 Å². The summed E-state index contributed by atoms with van der Waals surface area (Å²) in [6.07, 6.45) is 1.69. The van der Waals surface area contributed by atoms with E-state index in [1.807, 2.05) is 4.90 Å². The molecule has 0 N–H and O–H groups in total. The quantitative estimate of drug-likeness (QED) is 0.550. The van der Waals surface area contributed by atoms with Crippen molar-refractivity contribution < 1.29 is 14.3 Å². The van der Waals surface area contributed by atoms with Gasteiger partial charge in [-0.25, -0.2) is 0 Å². The first-order chi connectivity index (χ1) is 8.77. The van der Waals surface area contributed by atoms with E-state index in [0.29, 0.717) is 24.3 Å². The monoisotopic (exact) mass is 243 g/mol. The largest absolute Gasteiger partial charge is 0.378 e. The summed E-state index contributed by atoms with van der Waals surface area (Å²) in [4.78, 5) is 26.2. The first-order valence-electron chi connectivity index (χ1n) is 5.99. The normalized spacial score (nSPS) is 19.1. The summed E-state index contributed by atoms with van der Waals surface area (Å²) in [6.45, 7) is 2.72. The standard InChI is InChI=1S/C14H13NO3/c16-13-10-3-1-2-4-11(10)14(17)12(13)9-15-5-7-18-8-6-15/h1-4,9H,5-8H2. The van der Waals surface area contributed by atoms with Crippen LogP contribution in [0.2, 0.25) is 0 Å². The van der Waals surface area contributed by atoms with Gasteiger partial charge in [0.25, 0.3) is 0 Å². The molecule has 18 heavy (non-hydrogen) atoms. The molecule has 4 nitrogen and oxygen atoms in total. The number of fused-ring (bicyclic) bond motifs is 1. The second-order valence-electron chi connectivity index (χ2n) is 4.39. The molecule has 0 spiro atoms. The lowest BCUT2D eigenvalue weighted by atomic mass is 10.1. The van der Waals surface area contributed by atoms with E-state index in [1.165, 1.54) is 0 Å². The second kappa shape index (κ2) is 4.38. The second-order valence-corrected chi connectivity index (χ2v) is 4.39. The zero-order valence-corrected chi connectivity index (χ0v) is 9.89. The highest BCUT2D eigenvalue weighted by atomic mass is 16.5. The van der Waals surface area contributed by atoms with Gasteiger partial charge in [-0.3, -0.25) is 9.59 Å². The zero-order chi connectivity index (χ0) is 12.5. The molecule has 1 aromatic rings. The van der Waals surface area contributed by atoms with Gasteiger partial charge in [-0.15, -0.1) is 0 Å². The summed E-state index contributed by atoms with van der Waals surface area (Å²) < 4.78 is 5.24. The third-order valence-corrected chi connectivity index (χ3v) is 3.26. The van der Waals surface area contributed by atoms with Crippen molar-refractivity contribution in [2.24, 2.45) is 0 Å². The number of carbonyl (C=O) groups is 2. The molecule has 0 atom stereocenters. The molecule has 1 fully saturated rings. The van der Waals surface area contributed by atoms with Crippen molar-refractivity contribution in [2.75, 3.05) is 26.3 Å². The van der Waals surface area contributed by atoms with Gasteiger partial charge in [0, 0.05) is 30.4 Å². The molecule has 0 unspecified atom stereocenters. The Hall–Kier alpha value is -1.94. The topological polar surface area (TPSA) is 46.6 Å². The van der Waals surface area contributed by atoms with Crippen LogP contribution in [0.4, 0.5) is 0 Å². The fraction of sp³-hybridized carbons (Fsp3) is 0.286. The first kappa shape index (κ1) is 11.2. The predicted molar refractivity (Wildman–Crippen MR) is 65.6 cm³/mol.